The van der Waals surface area contributed by atoms with Crippen molar-refractivity contribution >= 4 is 11.9 Å². The van der Waals surface area contributed by atoms with E-state index in [4.69, 9.17) is 5.11 Å². The molecule has 2 rings (SSSR count). The molecule has 4 nitrogen and oxygen atoms in total. The third-order valence-electron chi connectivity index (χ3n) is 3.26. The van der Waals surface area contributed by atoms with E-state index in [-0.39, 0.29) is 24.4 Å². The number of carbonyl (C=O) groups excluding carboxylic acids is 1. The third-order valence-corrected chi connectivity index (χ3v) is 3.26. The van der Waals surface area contributed by atoms with E-state index in [9.17, 15) is 18.4 Å². The molecule has 1 amide bonds. The first-order chi connectivity index (χ1) is 8.99. The number of likely N-dealkylation sites (tertiary alicyclic amines) is 1. The molecule has 0 spiro atoms. The second kappa shape index (κ2) is 5.34. The van der Waals surface area contributed by atoms with E-state index >= 15 is 0 Å². The van der Waals surface area contributed by atoms with E-state index < -0.39 is 23.5 Å². The van der Waals surface area contributed by atoms with Crippen LogP contribution in [-0.2, 0) is 16.0 Å². The molecule has 6 heteroatoms. The maximum Gasteiger partial charge on any atom is 0.308 e. The molecule has 1 N–H and O–H groups in total. The summed E-state index contributed by atoms with van der Waals surface area (Å²) in [5.41, 5.74) is -0.0104. The zero-order valence-electron chi connectivity index (χ0n) is 10.1. The molecule has 102 valence electrons. The van der Waals surface area contributed by atoms with Gasteiger partial charge in [-0.1, -0.05) is 12.1 Å². The highest BCUT2D eigenvalue weighted by molar-refractivity contribution is 5.80. The Hall–Kier alpha value is -1.98. The van der Waals surface area contributed by atoms with Crippen LogP contribution in [0.5, 0.6) is 0 Å². The maximum atomic E-state index is 13.4. The SMILES string of the molecule is O=C(O)[C@H]1CCN(C(=O)Cc2cccc(F)c2F)C1. The lowest BCUT2D eigenvalue weighted by molar-refractivity contribution is -0.141. The minimum atomic E-state index is -1.02. The van der Waals surface area contributed by atoms with E-state index in [1.165, 1.54) is 17.0 Å². The van der Waals surface area contributed by atoms with Gasteiger partial charge in [-0.15, -0.1) is 0 Å². The van der Waals surface area contributed by atoms with Gasteiger partial charge in [0.05, 0.1) is 12.3 Å². The van der Waals surface area contributed by atoms with Gasteiger partial charge in [0.1, 0.15) is 0 Å². The van der Waals surface area contributed by atoms with Crippen LogP contribution in [0, 0.1) is 17.6 Å². The molecule has 0 radical (unpaired) electrons. The molecule has 1 fully saturated rings. The fraction of sp³-hybridized carbons (Fsp3) is 0.385. The number of nitrogens with zero attached hydrogens (tertiary/aromatic N) is 1. The molecular weight excluding hydrogens is 256 g/mol. The Morgan fingerprint density at radius 2 is 2.11 bits per heavy atom. The molecule has 1 aromatic rings. The van der Waals surface area contributed by atoms with Crippen LogP contribution in [-0.4, -0.2) is 35.0 Å². The smallest absolute Gasteiger partial charge is 0.308 e. The summed E-state index contributed by atoms with van der Waals surface area (Å²) in [6, 6.07) is 3.67. The van der Waals surface area contributed by atoms with Gasteiger partial charge in [0.15, 0.2) is 11.6 Å². The highest BCUT2D eigenvalue weighted by Crippen LogP contribution is 2.19. The van der Waals surface area contributed by atoms with Crippen LogP contribution in [0.1, 0.15) is 12.0 Å². The topological polar surface area (TPSA) is 57.6 Å². The second-order valence-electron chi connectivity index (χ2n) is 4.55. The molecule has 1 heterocycles. The summed E-state index contributed by atoms with van der Waals surface area (Å²) in [5.74, 6) is -3.90. The van der Waals surface area contributed by atoms with Crippen molar-refractivity contribution < 1.29 is 23.5 Å². The van der Waals surface area contributed by atoms with Crippen LogP contribution in [0.3, 0.4) is 0 Å². The summed E-state index contributed by atoms with van der Waals surface area (Å²) in [5, 5.41) is 8.84. The number of hydrogen-bond donors (Lipinski definition) is 1. The number of amides is 1. The largest absolute Gasteiger partial charge is 0.481 e. The molecule has 19 heavy (non-hydrogen) atoms. The summed E-state index contributed by atoms with van der Waals surface area (Å²) < 4.78 is 26.4. The van der Waals surface area contributed by atoms with Gasteiger partial charge in [0, 0.05) is 18.7 Å². The summed E-state index contributed by atoms with van der Waals surface area (Å²) >= 11 is 0. The van der Waals surface area contributed by atoms with E-state index in [0.29, 0.717) is 13.0 Å². The van der Waals surface area contributed by atoms with E-state index in [1.807, 2.05) is 0 Å². The van der Waals surface area contributed by atoms with Crippen molar-refractivity contribution in [3.8, 4) is 0 Å². The molecule has 1 saturated heterocycles. The molecule has 0 unspecified atom stereocenters. The fourth-order valence-electron chi connectivity index (χ4n) is 2.15. The van der Waals surface area contributed by atoms with Gasteiger partial charge in [-0.3, -0.25) is 9.59 Å². The summed E-state index contributed by atoms with van der Waals surface area (Å²) in [7, 11) is 0. The van der Waals surface area contributed by atoms with Crippen molar-refractivity contribution in [3.05, 3.63) is 35.4 Å². The lowest BCUT2D eigenvalue weighted by Crippen LogP contribution is -2.31. The number of aliphatic carboxylic acids is 1. The first kappa shape index (κ1) is 13.5. The standard InChI is InChI=1S/C13H13F2NO3/c14-10-3-1-2-8(12(10)15)6-11(17)16-5-4-9(7-16)13(18)19/h1-3,9H,4-7H2,(H,18,19)/t9-/m0/s1. The van der Waals surface area contributed by atoms with Crippen LogP contribution >= 0.6 is 0 Å². The number of hydrogen-bond acceptors (Lipinski definition) is 2. The van der Waals surface area contributed by atoms with Crippen molar-refractivity contribution in [2.24, 2.45) is 5.92 Å². The monoisotopic (exact) mass is 269 g/mol. The Kier molecular flexibility index (Phi) is 3.78. The van der Waals surface area contributed by atoms with E-state index in [2.05, 4.69) is 0 Å². The predicted octanol–water partition coefficient (Wildman–Crippen LogP) is 1.44. The number of carbonyl (C=O) groups is 2. The number of carboxylic acids is 1. The summed E-state index contributed by atoms with van der Waals surface area (Å²) in [4.78, 5) is 24.0. The highest BCUT2D eigenvalue weighted by Gasteiger charge is 2.31. The number of carboxylic acid groups (broad SMARTS) is 1. The summed E-state index contributed by atoms with van der Waals surface area (Å²) in [6.45, 7) is 0.470. The molecule has 1 aromatic carbocycles. The lowest BCUT2D eigenvalue weighted by Gasteiger charge is -2.16. The Balaban J connectivity index is 2.02. The quantitative estimate of drug-likeness (QED) is 0.903. The van der Waals surface area contributed by atoms with Crippen molar-refractivity contribution in [2.75, 3.05) is 13.1 Å². The van der Waals surface area contributed by atoms with Crippen LogP contribution in [0.15, 0.2) is 18.2 Å². The Morgan fingerprint density at radius 1 is 1.37 bits per heavy atom. The van der Waals surface area contributed by atoms with Crippen molar-refractivity contribution in [3.63, 3.8) is 0 Å². The first-order valence-electron chi connectivity index (χ1n) is 5.92. The van der Waals surface area contributed by atoms with Crippen LogP contribution in [0.25, 0.3) is 0 Å². The average molecular weight is 269 g/mol. The maximum absolute atomic E-state index is 13.4. The van der Waals surface area contributed by atoms with Gasteiger partial charge < -0.3 is 10.0 Å². The molecule has 1 aliphatic rings. The van der Waals surface area contributed by atoms with Gasteiger partial charge in [0.25, 0.3) is 0 Å². The highest BCUT2D eigenvalue weighted by atomic mass is 19.2. The van der Waals surface area contributed by atoms with Crippen LogP contribution < -0.4 is 0 Å². The third kappa shape index (κ3) is 2.89. The van der Waals surface area contributed by atoms with Gasteiger partial charge in [-0.05, 0) is 12.5 Å². The minimum Gasteiger partial charge on any atom is -0.481 e. The Morgan fingerprint density at radius 3 is 2.74 bits per heavy atom. The summed E-state index contributed by atoms with van der Waals surface area (Å²) in [6.07, 6.45) is 0.142. The predicted molar refractivity (Wildman–Crippen MR) is 62.4 cm³/mol. The van der Waals surface area contributed by atoms with E-state index in [0.717, 1.165) is 6.07 Å². The fourth-order valence-corrected chi connectivity index (χ4v) is 2.15. The first-order valence-corrected chi connectivity index (χ1v) is 5.92. The van der Waals surface area contributed by atoms with Crippen LogP contribution in [0.4, 0.5) is 8.78 Å². The van der Waals surface area contributed by atoms with Gasteiger partial charge in [-0.25, -0.2) is 8.78 Å². The molecule has 0 bridgehead atoms. The minimum absolute atomic E-state index is 0.0104. The van der Waals surface area contributed by atoms with Gasteiger partial charge in [0.2, 0.25) is 5.91 Å². The Labute approximate surface area is 108 Å². The average Bonchev–Trinajstić information content (AvgIpc) is 2.84. The van der Waals surface area contributed by atoms with Crippen molar-refractivity contribution in [1.29, 1.82) is 0 Å². The molecule has 1 aliphatic heterocycles. The number of benzene rings is 1. The van der Waals surface area contributed by atoms with E-state index in [1.54, 1.807) is 0 Å². The zero-order valence-corrected chi connectivity index (χ0v) is 10.1. The van der Waals surface area contributed by atoms with Crippen molar-refractivity contribution in [1.82, 2.24) is 4.90 Å². The molecule has 0 aromatic heterocycles. The Bertz CT molecular complexity index is 519. The second-order valence-corrected chi connectivity index (χ2v) is 4.55. The molecule has 0 aliphatic carbocycles. The number of halogens is 2. The zero-order chi connectivity index (χ0) is 14.0. The molecule has 0 saturated carbocycles. The molecule has 1 atom stereocenters. The van der Waals surface area contributed by atoms with Gasteiger partial charge in [-0.2, -0.15) is 0 Å². The van der Waals surface area contributed by atoms with Gasteiger partial charge >= 0.3 is 5.97 Å². The molecular formula is C13H13F2NO3. The lowest BCUT2D eigenvalue weighted by atomic mass is 10.1. The number of rotatable bonds is 3. The normalized spacial score (nSPS) is 18.6. The van der Waals surface area contributed by atoms with Crippen LogP contribution in [0.2, 0.25) is 0 Å². The van der Waals surface area contributed by atoms with Crippen molar-refractivity contribution in [2.45, 2.75) is 12.8 Å².